The van der Waals surface area contributed by atoms with E-state index < -0.39 is 29.0 Å². The molecule has 2 atom stereocenters. The van der Waals surface area contributed by atoms with E-state index in [0.717, 1.165) is 10.8 Å². The smallest absolute Gasteiger partial charge is 0.328 e. The number of H-pyrrole nitrogens is 1. The van der Waals surface area contributed by atoms with Gasteiger partial charge in [0.25, 0.3) is 11.5 Å². The molecule has 0 radical (unpaired) electrons. The summed E-state index contributed by atoms with van der Waals surface area (Å²) >= 11 is 0. The zero-order valence-electron chi connectivity index (χ0n) is 11.1. The average molecular weight is 281 g/mol. The molecule has 0 bridgehead atoms. The molecule has 0 aliphatic carbocycles. The molecule has 108 valence electrons. The quantitative estimate of drug-likeness (QED) is 0.712. The first-order valence-corrected chi connectivity index (χ1v) is 6.13. The van der Waals surface area contributed by atoms with Crippen LogP contribution in [0.4, 0.5) is 0 Å². The van der Waals surface area contributed by atoms with Gasteiger partial charge in [-0.1, -0.05) is 6.92 Å². The van der Waals surface area contributed by atoms with Crippen molar-refractivity contribution in [3.8, 4) is 0 Å². The topological polar surface area (TPSA) is 112 Å². The molecular formula is C12H15N3O5. The predicted molar refractivity (Wildman–Crippen MR) is 68.5 cm³/mol. The summed E-state index contributed by atoms with van der Waals surface area (Å²) in [5.74, 6) is -2.33. The third kappa shape index (κ3) is 2.24. The Kier molecular flexibility index (Phi) is 3.47. The van der Waals surface area contributed by atoms with E-state index in [1.165, 1.54) is 11.9 Å². The standard InChI is InChI=1S/C12H15N3O5/c1-6-4-15(5-8(6)11(18)19)10(17)7-3-13-12(20)14(2)9(7)16/h3,6,8H,4-5H2,1-2H3,(H,13,20)(H,18,19)/t6-,8-/m1/s1. The van der Waals surface area contributed by atoms with E-state index in [-0.39, 0.29) is 24.6 Å². The summed E-state index contributed by atoms with van der Waals surface area (Å²) in [7, 11) is 1.27. The van der Waals surface area contributed by atoms with Crippen LogP contribution in [0.15, 0.2) is 15.8 Å². The van der Waals surface area contributed by atoms with Crippen LogP contribution < -0.4 is 11.2 Å². The minimum Gasteiger partial charge on any atom is -0.481 e. The van der Waals surface area contributed by atoms with Gasteiger partial charge in [-0.2, -0.15) is 0 Å². The average Bonchev–Trinajstić information content (AvgIpc) is 2.78. The van der Waals surface area contributed by atoms with Crippen molar-refractivity contribution in [1.29, 1.82) is 0 Å². The van der Waals surface area contributed by atoms with Crippen LogP contribution in [0.5, 0.6) is 0 Å². The fourth-order valence-corrected chi connectivity index (χ4v) is 2.34. The van der Waals surface area contributed by atoms with Crippen LogP contribution in [0.2, 0.25) is 0 Å². The first-order valence-electron chi connectivity index (χ1n) is 6.13. The van der Waals surface area contributed by atoms with Gasteiger partial charge in [0.1, 0.15) is 5.56 Å². The highest BCUT2D eigenvalue weighted by molar-refractivity contribution is 5.94. The van der Waals surface area contributed by atoms with Gasteiger partial charge < -0.3 is 15.0 Å². The highest BCUT2D eigenvalue weighted by Gasteiger charge is 2.37. The number of hydrogen-bond donors (Lipinski definition) is 2. The Morgan fingerprint density at radius 3 is 2.55 bits per heavy atom. The van der Waals surface area contributed by atoms with Gasteiger partial charge in [-0.25, -0.2) is 4.79 Å². The molecule has 8 heteroatoms. The van der Waals surface area contributed by atoms with Gasteiger partial charge in [-0.05, 0) is 5.92 Å². The molecule has 1 aliphatic heterocycles. The molecule has 8 nitrogen and oxygen atoms in total. The first-order chi connectivity index (χ1) is 9.32. The zero-order valence-corrected chi connectivity index (χ0v) is 11.1. The second-order valence-corrected chi connectivity index (χ2v) is 5.00. The van der Waals surface area contributed by atoms with Crippen molar-refractivity contribution in [3.63, 3.8) is 0 Å². The summed E-state index contributed by atoms with van der Waals surface area (Å²) < 4.78 is 0.807. The maximum atomic E-state index is 12.2. The molecule has 0 unspecified atom stereocenters. The SMILES string of the molecule is C[C@@H]1CN(C(=O)c2c[nH]c(=O)n(C)c2=O)C[C@H]1C(=O)O. The first kappa shape index (κ1) is 14.0. The van der Waals surface area contributed by atoms with Crippen molar-refractivity contribution < 1.29 is 14.7 Å². The number of nitrogens with one attached hydrogen (secondary N) is 1. The van der Waals surface area contributed by atoms with Crippen LogP contribution in [0.3, 0.4) is 0 Å². The third-order valence-corrected chi connectivity index (χ3v) is 3.63. The van der Waals surface area contributed by atoms with E-state index in [2.05, 4.69) is 4.98 Å². The van der Waals surface area contributed by atoms with Gasteiger partial charge in [0, 0.05) is 26.3 Å². The number of aromatic amines is 1. The summed E-state index contributed by atoms with van der Waals surface area (Å²) in [6, 6.07) is 0. The van der Waals surface area contributed by atoms with Crippen LogP contribution in [0, 0.1) is 11.8 Å². The molecule has 2 rings (SSSR count). The molecule has 1 fully saturated rings. The third-order valence-electron chi connectivity index (χ3n) is 3.63. The van der Waals surface area contributed by atoms with Crippen molar-refractivity contribution in [2.45, 2.75) is 6.92 Å². The Hall–Kier alpha value is -2.38. The molecule has 20 heavy (non-hydrogen) atoms. The zero-order chi connectivity index (χ0) is 15.0. The highest BCUT2D eigenvalue weighted by atomic mass is 16.4. The van der Waals surface area contributed by atoms with Gasteiger partial charge in [-0.3, -0.25) is 19.0 Å². The van der Waals surface area contributed by atoms with E-state index in [9.17, 15) is 19.2 Å². The van der Waals surface area contributed by atoms with Crippen LogP contribution >= 0.6 is 0 Å². The van der Waals surface area contributed by atoms with E-state index in [1.807, 2.05) is 0 Å². The summed E-state index contributed by atoms with van der Waals surface area (Å²) in [4.78, 5) is 50.0. The van der Waals surface area contributed by atoms with Gasteiger partial charge in [0.05, 0.1) is 5.92 Å². The molecular weight excluding hydrogens is 266 g/mol. The van der Waals surface area contributed by atoms with Gasteiger partial charge in [0.15, 0.2) is 0 Å². The second kappa shape index (κ2) is 4.95. The van der Waals surface area contributed by atoms with Crippen molar-refractivity contribution >= 4 is 11.9 Å². The molecule has 2 heterocycles. The van der Waals surface area contributed by atoms with Crippen LogP contribution in [0.1, 0.15) is 17.3 Å². The number of carboxylic acid groups (broad SMARTS) is 1. The van der Waals surface area contributed by atoms with Crippen molar-refractivity contribution in [2.75, 3.05) is 13.1 Å². The molecule has 1 amide bonds. The molecule has 1 saturated heterocycles. The molecule has 1 aliphatic rings. The van der Waals surface area contributed by atoms with E-state index in [4.69, 9.17) is 5.11 Å². The Bertz CT molecular complexity index is 674. The maximum Gasteiger partial charge on any atom is 0.328 e. The largest absolute Gasteiger partial charge is 0.481 e. The minimum absolute atomic E-state index is 0.0671. The van der Waals surface area contributed by atoms with E-state index >= 15 is 0 Å². The molecule has 2 N–H and O–H groups in total. The number of amides is 1. The van der Waals surface area contributed by atoms with Gasteiger partial charge in [0.2, 0.25) is 0 Å². The van der Waals surface area contributed by atoms with Crippen molar-refractivity contribution in [2.24, 2.45) is 18.9 Å². The fraction of sp³-hybridized carbons (Fsp3) is 0.500. The minimum atomic E-state index is -0.956. The van der Waals surface area contributed by atoms with E-state index in [1.54, 1.807) is 6.92 Å². The summed E-state index contributed by atoms with van der Waals surface area (Å²) in [6.07, 6.45) is 1.08. The van der Waals surface area contributed by atoms with Gasteiger partial charge >= 0.3 is 11.7 Å². The van der Waals surface area contributed by atoms with E-state index in [0.29, 0.717) is 0 Å². The van der Waals surface area contributed by atoms with Crippen LogP contribution in [-0.2, 0) is 11.8 Å². The number of carboxylic acids is 1. The van der Waals surface area contributed by atoms with Crippen molar-refractivity contribution in [1.82, 2.24) is 14.5 Å². The predicted octanol–water partition coefficient (Wildman–Crippen LogP) is -1.13. The number of hydrogen-bond acceptors (Lipinski definition) is 4. The summed E-state index contributed by atoms with van der Waals surface area (Å²) in [5.41, 5.74) is -1.46. The number of carbonyl (C=O) groups is 2. The number of nitrogens with zero attached hydrogens (tertiary/aromatic N) is 2. The van der Waals surface area contributed by atoms with Gasteiger partial charge in [-0.15, -0.1) is 0 Å². The monoisotopic (exact) mass is 281 g/mol. The molecule has 0 aromatic carbocycles. The lowest BCUT2D eigenvalue weighted by atomic mass is 9.99. The summed E-state index contributed by atoms with van der Waals surface area (Å²) in [5, 5.41) is 9.04. The fourth-order valence-electron chi connectivity index (χ4n) is 2.34. The highest BCUT2D eigenvalue weighted by Crippen LogP contribution is 2.23. The summed E-state index contributed by atoms with van der Waals surface area (Å²) in [6.45, 7) is 2.09. The lowest BCUT2D eigenvalue weighted by molar-refractivity contribution is -0.142. The molecule has 1 aromatic rings. The Labute approximate surface area is 113 Å². The normalized spacial score (nSPS) is 22.0. The lowest BCUT2D eigenvalue weighted by Gasteiger charge is -2.15. The number of likely N-dealkylation sites (tertiary alicyclic amines) is 1. The number of aliphatic carboxylic acids is 1. The van der Waals surface area contributed by atoms with Crippen molar-refractivity contribution in [3.05, 3.63) is 32.6 Å². The second-order valence-electron chi connectivity index (χ2n) is 5.00. The number of rotatable bonds is 2. The van der Waals surface area contributed by atoms with Crippen LogP contribution in [-0.4, -0.2) is 44.5 Å². The maximum absolute atomic E-state index is 12.2. The Balaban J connectivity index is 2.30. The number of carbonyl (C=O) groups excluding carboxylic acids is 1. The molecule has 1 aromatic heterocycles. The molecule has 0 saturated carbocycles. The number of aromatic nitrogens is 2. The molecule has 0 spiro atoms. The van der Waals surface area contributed by atoms with Crippen LogP contribution in [0.25, 0.3) is 0 Å². The Morgan fingerprint density at radius 2 is 2.00 bits per heavy atom. The Morgan fingerprint density at radius 1 is 1.35 bits per heavy atom. The lowest BCUT2D eigenvalue weighted by Crippen LogP contribution is -2.40.